The Bertz CT molecular complexity index is 496. The first-order valence-electron chi connectivity index (χ1n) is 7.61. The van der Waals surface area contributed by atoms with Gasteiger partial charge in [-0.3, -0.25) is 9.48 Å². The van der Waals surface area contributed by atoms with Gasteiger partial charge < -0.3 is 10.4 Å². The Morgan fingerprint density at radius 3 is 2.36 bits per heavy atom. The van der Waals surface area contributed by atoms with E-state index in [1.54, 1.807) is 13.1 Å². The Labute approximate surface area is 142 Å². The molecule has 2 N–H and O–H groups in total. The first kappa shape index (κ1) is 18.8. The number of hydrogen-bond acceptors (Lipinski definition) is 3. The van der Waals surface area contributed by atoms with Crippen LogP contribution >= 0.6 is 0 Å². The Hall–Kier alpha value is -1.25. The minimum absolute atomic E-state index is 0. The molecule has 118 valence electrons. The summed E-state index contributed by atoms with van der Waals surface area (Å²) in [6.07, 6.45) is 8.86. The fourth-order valence-corrected chi connectivity index (χ4v) is 3.01. The van der Waals surface area contributed by atoms with Crippen LogP contribution in [0.4, 0.5) is 0 Å². The predicted octanol–water partition coefficient (Wildman–Crippen LogP) is 1.32. The molecular formula is C15H24LiN3O3. The van der Waals surface area contributed by atoms with Crippen molar-refractivity contribution in [3.8, 4) is 0 Å². The molecule has 1 saturated carbocycles. The van der Waals surface area contributed by atoms with Crippen molar-refractivity contribution < 1.29 is 14.7 Å². The second kappa shape index (κ2) is 9.01. The first-order valence-corrected chi connectivity index (χ1v) is 7.61. The molecule has 0 radical (unpaired) electrons. The number of rotatable bonds is 4. The number of carboxylic acids is 1. The number of hydrogen-bond donors (Lipinski definition) is 2. The summed E-state index contributed by atoms with van der Waals surface area (Å²) in [6, 6.07) is 0.775. The Balaban J connectivity index is 0.00000242. The molecule has 1 amide bonds. The summed E-state index contributed by atoms with van der Waals surface area (Å²) in [5.41, 5.74) is 0.382. The van der Waals surface area contributed by atoms with Crippen LogP contribution in [-0.2, 0) is 11.8 Å². The van der Waals surface area contributed by atoms with Crippen LogP contribution in [0.15, 0.2) is 12.3 Å². The van der Waals surface area contributed by atoms with E-state index in [9.17, 15) is 14.7 Å². The first-order chi connectivity index (χ1) is 10.1. The van der Waals surface area contributed by atoms with E-state index in [4.69, 9.17) is 0 Å². The van der Waals surface area contributed by atoms with Crippen LogP contribution in [0, 0.1) is 5.92 Å². The van der Waals surface area contributed by atoms with E-state index in [0.717, 1.165) is 38.5 Å². The molecule has 0 spiro atoms. The third-order valence-corrected chi connectivity index (χ3v) is 4.23. The van der Waals surface area contributed by atoms with Gasteiger partial charge in [-0.25, -0.2) is 4.79 Å². The monoisotopic (exact) mass is 301 g/mol. The van der Waals surface area contributed by atoms with Gasteiger partial charge in [-0.1, -0.05) is 32.1 Å². The summed E-state index contributed by atoms with van der Waals surface area (Å²) in [5, 5.41) is 16.1. The zero-order valence-corrected chi connectivity index (χ0v) is 12.4. The van der Waals surface area contributed by atoms with E-state index in [1.807, 2.05) is 0 Å². The van der Waals surface area contributed by atoms with Crippen molar-refractivity contribution in [2.24, 2.45) is 13.0 Å². The van der Waals surface area contributed by atoms with Gasteiger partial charge in [0.2, 0.25) is 0 Å². The van der Waals surface area contributed by atoms with Gasteiger partial charge >= 0.3 is 24.8 Å². The van der Waals surface area contributed by atoms with Gasteiger partial charge in [0.1, 0.15) is 11.7 Å². The van der Waals surface area contributed by atoms with Crippen LogP contribution in [0.2, 0.25) is 0 Å². The molecule has 0 aliphatic heterocycles. The fraction of sp³-hybridized carbons (Fsp3) is 0.667. The summed E-state index contributed by atoms with van der Waals surface area (Å²) in [7, 11) is 1.67. The molecule has 1 unspecified atom stereocenters. The number of carbonyl (C=O) groups is 2. The van der Waals surface area contributed by atoms with Crippen LogP contribution in [0.25, 0.3) is 0 Å². The molecule has 1 aromatic heterocycles. The van der Waals surface area contributed by atoms with Crippen molar-refractivity contribution in [3.05, 3.63) is 18.0 Å². The molecule has 7 heteroatoms. The van der Waals surface area contributed by atoms with Gasteiger partial charge in [0, 0.05) is 13.2 Å². The summed E-state index contributed by atoms with van der Waals surface area (Å²) >= 11 is 0. The Morgan fingerprint density at radius 1 is 1.27 bits per heavy atom. The molecule has 22 heavy (non-hydrogen) atoms. The minimum atomic E-state index is -0.948. The van der Waals surface area contributed by atoms with Crippen molar-refractivity contribution in [3.63, 3.8) is 0 Å². The number of aryl methyl sites for hydroxylation is 1. The molecule has 0 saturated heterocycles. The van der Waals surface area contributed by atoms with E-state index < -0.39 is 12.0 Å². The standard InChI is InChI=1S/C15H23N3O3.Li.H/c1-18-12(9-10-16-18)14(19)17-13(15(20)21)11-7-5-3-2-4-6-8-11;;/h9-11,13H,2-8H2,1H3,(H,17,19)(H,20,21);;. The molecule has 1 aliphatic carbocycles. The van der Waals surface area contributed by atoms with Crippen LogP contribution in [0.1, 0.15) is 55.4 Å². The molecule has 0 bridgehead atoms. The van der Waals surface area contributed by atoms with Gasteiger partial charge in [0.25, 0.3) is 5.91 Å². The number of carboxylic acid groups (broad SMARTS) is 1. The van der Waals surface area contributed by atoms with E-state index in [-0.39, 0.29) is 30.7 Å². The van der Waals surface area contributed by atoms with E-state index in [0.29, 0.717) is 5.69 Å². The van der Waals surface area contributed by atoms with E-state index in [2.05, 4.69) is 10.4 Å². The van der Waals surface area contributed by atoms with Gasteiger partial charge in [-0.15, -0.1) is 0 Å². The summed E-state index contributed by atoms with van der Waals surface area (Å²) in [6.45, 7) is 0. The third-order valence-electron chi connectivity index (χ3n) is 4.23. The second-order valence-corrected chi connectivity index (χ2v) is 5.73. The number of nitrogens with zero attached hydrogens (tertiary/aromatic N) is 2. The topological polar surface area (TPSA) is 84.2 Å². The average molecular weight is 301 g/mol. The molecule has 1 fully saturated rings. The SMILES string of the molecule is Cn1nccc1C(=O)NC(C(=O)O)C1CCCCCCC1.[LiH]. The maximum atomic E-state index is 12.2. The van der Waals surface area contributed by atoms with Crippen LogP contribution in [0.5, 0.6) is 0 Å². The van der Waals surface area contributed by atoms with Crippen LogP contribution < -0.4 is 5.32 Å². The van der Waals surface area contributed by atoms with Gasteiger partial charge in [-0.2, -0.15) is 5.10 Å². The van der Waals surface area contributed by atoms with E-state index >= 15 is 0 Å². The molecule has 1 aromatic rings. The zero-order chi connectivity index (χ0) is 15.2. The Kier molecular flexibility index (Phi) is 7.70. The van der Waals surface area contributed by atoms with Crippen molar-refractivity contribution in [1.29, 1.82) is 0 Å². The third kappa shape index (κ3) is 4.89. The summed E-state index contributed by atoms with van der Waals surface area (Å²) in [5.74, 6) is -1.31. The van der Waals surface area contributed by atoms with Crippen LogP contribution in [0.3, 0.4) is 0 Å². The van der Waals surface area contributed by atoms with Crippen molar-refractivity contribution >= 4 is 30.7 Å². The molecule has 1 heterocycles. The summed E-state index contributed by atoms with van der Waals surface area (Å²) < 4.78 is 1.45. The molecular weight excluding hydrogens is 277 g/mol. The molecule has 2 rings (SSSR count). The van der Waals surface area contributed by atoms with E-state index in [1.165, 1.54) is 17.3 Å². The fourth-order valence-electron chi connectivity index (χ4n) is 3.01. The van der Waals surface area contributed by atoms with Gasteiger partial charge in [-0.05, 0) is 24.8 Å². The molecule has 6 nitrogen and oxygen atoms in total. The normalized spacial score (nSPS) is 17.7. The maximum absolute atomic E-state index is 12.2. The Morgan fingerprint density at radius 2 is 1.86 bits per heavy atom. The number of aromatic nitrogens is 2. The van der Waals surface area contributed by atoms with Crippen molar-refractivity contribution in [2.45, 2.75) is 51.0 Å². The van der Waals surface area contributed by atoms with Crippen molar-refractivity contribution in [1.82, 2.24) is 15.1 Å². The number of carbonyl (C=O) groups excluding carboxylic acids is 1. The molecule has 0 aromatic carbocycles. The van der Waals surface area contributed by atoms with Crippen molar-refractivity contribution in [2.75, 3.05) is 0 Å². The molecule has 1 aliphatic rings. The zero-order valence-electron chi connectivity index (χ0n) is 12.4. The predicted molar refractivity (Wildman–Crippen MR) is 85.1 cm³/mol. The second-order valence-electron chi connectivity index (χ2n) is 5.73. The molecule has 1 atom stereocenters. The van der Waals surface area contributed by atoms with Gasteiger partial charge in [0.05, 0.1) is 0 Å². The summed E-state index contributed by atoms with van der Waals surface area (Å²) in [4.78, 5) is 23.8. The van der Waals surface area contributed by atoms with Crippen LogP contribution in [-0.4, -0.2) is 51.7 Å². The van der Waals surface area contributed by atoms with Gasteiger partial charge in [0.15, 0.2) is 0 Å². The quantitative estimate of drug-likeness (QED) is 0.821. The number of nitrogens with one attached hydrogen (secondary N) is 1. The number of aliphatic carboxylic acids is 1. The number of amides is 1. The average Bonchev–Trinajstić information content (AvgIpc) is 2.82.